The third-order valence-corrected chi connectivity index (χ3v) is 4.26. The van der Waals surface area contributed by atoms with Crippen LogP contribution in [0.5, 0.6) is 11.6 Å². The molecule has 1 fully saturated rings. The molecule has 146 valence electrons. The summed E-state index contributed by atoms with van der Waals surface area (Å²) in [6, 6.07) is 5.29. The molecule has 0 unspecified atom stereocenters. The summed E-state index contributed by atoms with van der Waals surface area (Å²) in [6.45, 7) is 0. The van der Waals surface area contributed by atoms with Crippen molar-refractivity contribution in [1.82, 2.24) is 10.3 Å². The van der Waals surface area contributed by atoms with Crippen molar-refractivity contribution < 1.29 is 23.1 Å². The van der Waals surface area contributed by atoms with Crippen molar-refractivity contribution in [3.8, 4) is 11.6 Å². The number of benzene rings is 1. The van der Waals surface area contributed by atoms with Gasteiger partial charge in [0.05, 0.1) is 6.20 Å². The number of aliphatic imine (C=N–C) groups is 1. The monoisotopic (exact) mass is 388 g/mol. The van der Waals surface area contributed by atoms with E-state index in [2.05, 4.69) is 15.3 Å². The number of ether oxygens (including phenoxy) is 1. The van der Waals surface area contributed by atoms with Gasteiger partial charge in [-0.3, -0.25) is 4.79 Å². The second-order valence-electron chi connectivity index (χ2n) is 6.33. The third-order valence-electron chi connectivity index (χ3n) is 4.26. The Morgan fingerprint density at radius 3 is 2.46 bits per heavy atom. The number of aromatic nitrogens is 1. The zero-order valence-electron chi connectivity index (χ0n) is 14.8. The van der Waals surface area contributed by atoms with Gasteiger partial charge in [0.1, 0.15) is 22.9 Å². The first kappa shape index (κ1) is 19.4. The van der Waals surface area contributed by atoms with Gasteiger partial charge in [0.25, 0.3) is 5.91 Å². The molecule has 3 amide bonds. The van der Waals surface area contributed by atoms with Crippen LogP contribution in [0.4, 0.5) is 13.6 Å². The molecule has 7 nitrogen and oxygen atoms in total. The predicted octanol–water partition coefficient (Wildman–Crippen LogP) is 3.34. The number of amides is 3. The fraction of sp³-hybridized carbons (Fsp3) is 0.263. The lowest BCUT2D eigenvalue weighted by Gasteiger charge is -2.24. The average Bonchev–Trinajstić information content (AvgIpc) is 2.66. The molecule has 0 saturated heterocycles. The van der Waals surface area contributed by atoms with Crippen LogP contribution in [0.3, 0.4) is 0 Å². The first-order valence-corrected chi connectivity index (χ1v) is 8.66. The minimum absolute atomic E-state index is 0.0686. The summed E-state index contributed by atoms with van der Waals surface area (Å²) in [6.07, 6.45) is 3.16. The fourth-order valence-electron chi connectivity index (χ4n) is 2.91. The van der Waals surface area contributed by atoms with Crippen LogP contribution in [-0.2, 0) is 0 Å². The van der Waals surface area contributed by atoms with Gasteiger partial charge in [0, 0.05) is 11.8 Å². The number of halogens is 2. The highest BCUT2D eigenvalue weighted by molar-refractivity contribution is 5.97. The molecule has 9 heteroatoms. The Bertz CT molecular complexity index is 906. The van der Waals surface area contributed by atoms with Crippen molar-refractivity contribution in [1.29, 1.82) is 0 Å². The minimum Gasteiger partial charge on any atom is -0.438 e. The lowest BCUT2D eigenvalue weighted by atomic mass is 9.93. The van der Waals surface area contributed by atoms with Gasteiger partial charge in [0.15, 0.2) is 0 Å². The van der Waals surface area contributed by atoms with Crippen molar-refractivity contribution in [3.05, 3.63) is 53.7 Å². The fourth-order valence-corrected chi connectivity index (χ4v) is 2.91. The van der Waals surface area contributed by atoms with Crippen LogP contribution in [0.15, 0.2) is 41.5 Å². The largest absolute Gasteiger partial charge is 0.438 e. The summed E-state index contributed by atoms with van der Waals surface area (Å²) in [5, 5.41) is 2.81. The van der Waals surface area contributed by atoms with Gasteiger partial charge in [-0.25, -0.2) is 23.6 Å². The molecule has 1 aromatic heterocycles. The molecule has 3 rings (SSSR count). The normalized spacial score (nSPS) is 16.4. The minimum atomic E-state index is -0.731. The Morgan fingerprint density at radius 1 is 1.14 bits per heavy atom. The molecule has 0 spiro atoms. The molecule has 28 heavy (non-hydrogen) atoms. The summed E-state index contributed by atoms with van der Waals surface area (Å²) < 4.78 is 32.2. The molecule has 2 aromatic rings. The Hall–Kier alpha value is -3.36. The number of carbonyl (C=O) groups excluding carboxylic acids is 2. The van der Waals surface area contributed by atoms with Crippen LogP contribution < -0.4 is 15.8 Å². The van der Waals surface area contributed by atoms with Gasteiger partial charge in [-0.1, -0.05) is 0 Å². The van der Waals surface area contributed by atoms with Crippen LogP contribution in [0, 0.1) is 11.6 Å². The standard InChI is InChI=1S/C19H18F2N4O3/c20-11-1-7-15(8-2-11)28-18-16(9-12(21)10-23-18)17(26)24-13-3-5-14(6-4-13)25-19(22)27/h1-2,7-10,13H,3-6H2,(H2,22,27)(H,24,26). The Balaban J connectivity index is 1.70. The van der Waals surface area contributed by atoms with E-state index in [4.69, 9.17) is 10.5 Å². The molecule has 1 heterocycles. The zero-order valence-corrected chi connectivity index (χ0v) is 14.8. The van der Waals surface area contributed by atoms with Crippen LogP contribution >= 0.6 is 0 Å². The van der Waals surface area contributed by atoms with Gasteiger partial charge < -0.3 is 15.8 Å². The zero-order chi connectivity index (χ0) is 20.1. The number of nitrogens with two attached hydrogens (primary N) is 1. The van der Waals surface area contributed by atoms with Gasteiger partial charge in [0.2, 0.25) is 5.88 Å². The van der Waals surface area contributed by atoms with Crippen LogP contribution in [-0.4, -0.2) is 28.7 Å². The van der Waals surface area contributed by atoms with Gasteiger partial charge in [-0.15, -0.1) is 0 Å². The maximum atomic E-state index is 13.6. The molecule has 0 bridgehead atoms. The summed E-state index contributed by atoms with van der Waals surface area (Å²) >= 11 is 0. The van der Waals surface area contributed by atoms with Crippen molar-refractivity contribution in [2.75, 3.05) is 0 Å². The number of nitrogens with zero attached hydrogens (tertiary/aromatic N) is 2. The number of pyridine rings is 1. The van der Waals surface area contributed by atoms with E-state index in [9.17, 15) is 18.4 Å². The SMILES string of the molecule is NC(=O)N=C1CCC(NC(=O)c2cc(F)cnc2Oc2ccc(F)cc2)CC1. The number of nitrogens with one attached hydrogen (secondary N) is 1. The number of hydrogen-bond acceptors (Lipinski definition) is 4. The average molecular weight is 388 g/mol. The lowest BCUT2D eigenvalue weighted by molar-refractivity contribution is 0.0928. The molecular formula is C19H18F2N4O3. The highest BCUT2D eigenvalue weighted by Gasteiger charge is 2.23. The molecule has 1 aliphatic rings. The second-order valence-corrected chi connectivity index (χ2v) is 6.33. The van der Waals surface area contributed by atoms with Gasteiger partial charge >= 0.3 is 6.03 Å². The molecular weight excluding hydrogens is 370 g/mol. The number of primary amides is 1. The smallest absolute Gasteiger partial charge is 0.338 e. The van der Waals surface area contributed by atoms with Crippen molar-refractivity contribution in [2.45, 2.75) is 31.7 Å². The molecule has 0 atom stereocenters. The lowest BCUT2D eigenvalue weighted by Crippen LogP contribution is -2.38. The first-order chi connectivity index (χ1) is 13.4. The maximum absolute atomic E-state index is 13.6. The van der Waals surface area contributed by atoms with E-state index in [0.717, 1.165) is 12.3 Å². The molecule has 3 N–H and O–H groups in total. The Kier molecular flexibility index (Phi) is 5.93. The number of carbonyl (C=O) groups is 2. The Morgan fingerprint density at radius 2 is 1.82 bits per heavy atom. The summed E-state index contributed by atoms with van der Waals surface area (Å²) in [5.41, 5.74) is 5.67. The summed E-state index contributed by atoms with van der Waals surface area (Å²) in [4.78, 5) is 31.0. The van der Waals surface area contributed by atoms with Crippen molar-refractivity contribution in [2.24, 2.45) is 10.7 Å². The summed E-state index contributed by atoms with van der Waals surface area (Å²) in [7, 11) is 0. The second kappa shape index (κ2) is 8.55. The predicted molar refractivity (Wildman–Crippen MR) is 97.4 cm³/mol. The third kappa shape index (κ3) is 5.09. The van der Waals surface area contributed by atoms with E-state index in [1.165, 1.54) is 24.3 Å². The van der Waals surface area contributed by atoms with E-state index < -0.39 is 23.6 Å². The van der Waals surface area contributed by atoms with E-state index in [0.29, 0.717) is 31.4 Å². The van der Waals surface area contributed by atoms with Crippen LogP contribution in [0.25, 0.3) is 0 Å². The van der Waals surface area contributed by atoms with E-state index in [1.807, 2.05) is 0 Å². The molecule has 0 aliphatic heterocycles. The van der Waals surface area contributed by atoms with Gasteiger partial charge in [-0.05, 0) is 56.0 Å². The molecule has 1 aliphatic carbocycles. The Labute approximate surface area is 159 Å². The highest BCUT2D eigenvalue weighted by atomic mass is 19.1. The topological polar surface area (TPSA) is 107 Å². The number of rotatable bonds is 4. The van der Waals surface area contributed by atoms with E-state index >= 15 is 0 Å². The van der Waals surface area contributed by atoms with E-state index in [1.54, 1.807) is 0 Å². The van der Waals surface area contributed by atoms with Gasteiger partial charge in [-0.2, -0.15) is 0 Å². The molecule has 1 saturated carbocycles. The highest BCUT2D eigenvalue weighted by Crippen LogP contribution is 2.25. The number of hydrogen-bond donors (Lipinski definition) is 2. The van der Waals surface area contributed by atoms with E-state index in [-0.39, 0.29) is 23.2 Å². The van der Waals surface area contributed by atoms with Crippen molar-refractivity contribution in [3.63, 3.8) is 0 Å². The quantitative estimate of drug-likeness (QED) is 0.838. The van der Waals surface area contributed by atoms with Crippen LogP contribution in [0.1, 0.15) is 36.0 Å². The molecule has 0 radical (unpaired) electrons. The van der Waals surface area contributed by atoms with Crippen molar-refractivity contribution >= 4 is 17.6 Å². The van der Waals surface area contributed by atoms with Crippen LogP contribution in [0.2, 0.25) is 0 Å². The summed E-state index contributed by atoms with van der Waals surface area (Å²) in [5.74, 6) is -1.48. The maximum Gasteiger partial charge on any atom is 0.338 e. The number of urea groups is 1. The molecule has 1 aromatic carbocycles. The first-order valence-electron chi connectivity index (χ1n) is 8.66.